The molecule has 0 saturated carbocycles. The minimum Gasteiger partial charge on any atom is -0.497 e. The van der Waals surface area contributed by atoms with Gasteiger partial charge in [0.2, 0.25) is 5.91 Å². The highest BCUT2D eigenvalue weighted by Crippen LogP contribution is 2.30. The Morgan fingerprint density at radius 1 is 1.15 bits per heavy atom. The number of nitrogen functional groups attached to an aromatic ring is 1. The van der Waals surface area contributed by atoms with E-state index in [9.17, 15) is 4.79 Å². The highest BCUT2D eigenvalue weighted by atomic mass is 16.5. The standard InChI is InChI=1S/C15H17N3O2/c1-18(11-4-6-12(20-2)7-5-11)14-9-10(15(17)19)3-8-13(14)16/h3-9H,16H2,1-2H3,(H2,17,19). The first-order valence-corrected chi connectivity index (χ1v) is 6.10. The molecular weight excluding hydrogens is 254 g/mol. The molecule has 0 unspecified atom stereocenters. The molecule has 5 nitrogen and oxygen atoms in total. The molecule has 20 heavy (non-hydrogen) atoms. The molecule has 4 N–H and O–H groups in total. The number of nitrogens with zero attached hydrogens (tertiary/aromatic N) is 1. The number of amides is 1. The van der Waals surface area contributed by atoms with Gasteiger partial charge in [0, 0.05) is 18.3 Å². The van der Waals surface area contributed by atoms with Gasteiger partial charge in [0.25, 0.3) is 0 Å². The monoisotopic (exact) mass is 271 g/mol. The Hall–Kier alpha value is -2.69. The zero-order valence-corrected chi connectivity index (χ0v) is 11.5. The smallest absolute Gasteiger partial charge is 0.248 e. The van der Waals surface area contributed by atoms with Crippen LogP contribution in [0, 0.1) is 0 Å². The van der Waals surface area contributed by atoms with Crippen molar-refractivity contribution in [1.82, 2.24) is 0 Å². The number of hydrogen-bond donors (Lipinski definition) is 2. The van der Waals surface area contributed by atoms with Crippen molar-refractivity contribution < 1.29 is 9.53 Å². The number of nitrogens with two attached hydrogens (primary N) is 2. The highest BCUT2D eigenvalue weighted by Gasteiger charge is 2.11. The second-order valence-corrected chi connectivity index (χ2v) is 4.39. The van der Waals surface area contributed by atoms with Gasteiger partial charge < -0.3 is 21.1 Å². The zero-order chi connectivity index (χ0) is 14.7. The Kier molecular flexibility index (Phi) is 3.79. The van der Waals surface area contributed by atoms with Crippen molar-refractivity contribution in [2.24, 2.45) is 5.73 Å². The molecule has 0 heterocycles. The molecule has 0 bridgehead atoms. The van der Waals surface area contributed by atoms with E-state index in [2.05, 4.69) is 0 Å². The summed E-state index contributed by atoms with van der Waals surface area (Å²) in [6, 6.07) is 12.5. The zero-order valence-electron chi connectivity index (χ0n) is 11.5. The molecule has 0 atom stereocenters. The lowest BCUT2D eigenvalue weighted by molar-refractivity contribution is 0.100. The first kappa shape index (κ1) is 13.7. The lowest BCUT2D eigenvalue weighted by Gasteiger charge is -2.22. The van der Waals surface area contributed by atoms with E-state index in [1.165, 1.54) is 0 Å². The van der Waals surface area contributed by atoms with E-state index >= 15 is 0 Å². The van der Waals surface area contributed by atoms with Crippen LogP contribution in [0.3, 0.4) is 0 Å². The summed E-state index contributed by atoms with van der Waals surface area (Å²) in [6.45, 7) is 0. The molecule has 0 saturated heterocycles. The molecule has 2 aromatic carbocycles. The summed E-state index contributed by atoms with van der Waals surface area (Å²) in [7, 11) is 3.49. The third kappa shape index (κ3) is 2.66. The summed E-state index contributed by atoms with van der Waals surface area (Å²) in [5.41, 5.74) is 13.9. The SMILES string of the molecule is COc1ccc(N(C)c2cc(C(N)=O)ccc2N)cc1. The quantitative estimate of drug-likeness (QED) is 0.835. The van der Waals surface area contributed by atoms with Crippen LogP contribution in [0.4, 0.5) is 17.1 Å². The maximum atomic E-state index is 11.3. The molecule has 0 radical (unpaired) electrons. The molecule has 0 aliphatic heterocycles. The minimum absolute atomic E-state index is 0.426. The van der Waals surface area contributed by atoms with Gasteiger partial charge in [-0.05, 0) is 42.5 Å². The van der Waals surface area contributed by atoms with Gasteiger partial charge in [-0.25, -0.2) is 0 Å². The summed E-state index contributed by atoms with van der Waals surface area (Å²) in [5.74, 6) is 0.301. The van der Waals surface area contributed by atoms with Gasteiger partial charge in [0.15, 0.2) is 0 Å². The Morgan fingerprint density at radius 2 is 1.80 bits per heavy atom. The Morgan fingerprint density at radius 3 is 2.35 bits per heavy atom. The largest absolute Gasteiger partial charge is 0.497 e. The van der Waals surface area contributed by atoms with Crippen LogP contribution in [0.15, 0.2) is 42.5 Å². The summed E-state index contributed by atoms with van der Waals surface area (Å²) in [6.07, 6.45) is 0. The Bertz CT molecular complexity index is 624. The van der Waals surface area contributed by atoms with Crippen molar-refractivity contribution in [2.45, 2.75) is 0 Å². The average Bonchev–Trinajstić information content (AvgIpc) is 2.47. The number of carbonyl (C=O) groups excluding carboxylic acids is 1. The fraction of sp³-hybridized carbons (Fsp3) is 0.133. The van der Waals surface area contributed by atoms with Crippen molar-refractivity contribution in [1.29, 1.82) is 0 Å². The maximum absolute atomic E-state index is 11.3. The normalized spacial score (nSPS) is 10.1. The van der Waals surface area contributed by atoms with Crippen LogP contribution >= 0.6 is 0 Å². The number of ether oxygens (including phenoxy) is 1. The molecule has 2 aromatic rings. The number of methoxy groups -OCH3 is 1. The second kappa shape index (κ2) is 5.52. The maximum Gasteiger partial charge on any atom is 0.248 e. The average molecular weight is 271 g/mol. The number of rotatable bonds is 4. The van der Waals surface area contributed by atoms with Crippen LogP contribution < -0.4 is 21.1 Å². The van der Waals surface area contributed by atoms with Gasteiger partial charge in [-0.1, -0.05) is 0 Å². The van der Waals surface area contributed by atoms with E-state index in [1.807, 2.05) is 36.2 Å². The summed E-state index contributed by atoms with van der Waals surface area (Å²) >= 11 is 0. The second-order valence-electron chi connectivity index (χ2n) is 4.39. The van der Waals surface area contributed by atoms with E-state index in [-0.39, 0.29) is 0 Å². The van der Waals surface area contributed by atoms with Crippen LogP contribution in [0.1, 0.15) is 10.4 Å². The number of benzene rings is 2. The Labute approximate surface area is 117 Å². The van der Waals surface area contributed by atoms with Gasteiger partial charge in [-0.15, -0.1) is 0 Å². The summed E-state index contributed by atoms with van der Waals surface area (Å²) in [5, 5.41) is 0. The van der Waals surface area contributed by atoms with Crippen LogP contribution in [-0.2, 0) is 0 Å². The summed E-state index contributed by atoms with van der Waals surface area (Å²) < 4.78 is 5.12. The molecule has 0 aliphatic carbocycles. The molecular formula is C15H17N3O2. The van der Waals surface area contributed by atoms with Crippen molar-refractivity contribution in [3.8, 4) is 5.75 Å². The van der Waals surface area contributed by atoms with Crippen molar-refractivity contribution >= 4 is 23.0 Å². The number of anilines is 3. The minimum atomic E-state index is -0.477. The van der Waals surface area contributed by atoms with Crippen LogP contribution in [0.5, 0.6) is 5.75 Å². The molecule has 0 fully saturated rings. The number of primary amides is 1. The van der Waals surface area contributed by atoms with Crippen molar-refractivity contribution in [3.05, 3.63) is 48.0 Å². The predicted molar refractivity (Wildman–Crippen MR) is 80.4 cm³/mol. The van der Waals surface area contributed by atoms with Crippen molar-refractivity contribution in [3.63, 3.8) is 0 Å². The summed E-state index contributed by atoms with van der Waals surface area (Å²) in [4.78, 5) is 13.1. The predicted octanol–water partition coefficient (Wildman–Crippen LogP) is 2.14. The third-order valence-electron chi connectivity index (χ3n) is 3.14. The first-order valence-electron chi connectivity index (χ1n) is 6.10. The molecule has 104 valence electrons. The van der Waals surface area contributed by atoms with Gasteiger partial charge in [-0.2, -0.15) is 0 Å². The first-order chi connectivity index (χ1) is 9.52. The van der Waals surface area contributed by atoms with Crippen molar-refractivity contribution in [2.75, 3.05) is 24.8 Å². The topological polar surface area (TPSA) is 81.6 Å². The highest BCUT2D eigenvalue weighted by molar-refractivity contribution is 5.95. The van der Waals surface area contributed by atoms with E-state index < -0.39 is 5.91 Å². The van der Waals surface area contributed by atoms with Gasteiger partial charge >= 0.3 is 0 Å². The lowest BCUT2D eigenvalue weighted by atomic mass is 10.1. The van der Waals surface area contributed by atoms with E-state index in [0.717, 1.165) is 17.1 Å². The third-order valence-corrected chi connectivity index (χ3v) is 3.14. The molecule has 0 aromatic heterocycles. The van der Waals surface area contributed by atoms with Crippen LogP contribution in [0.25, 0.3) is 0 Å². The molecule has 0 aliphatic rings. The fourth-order valence-corrected chi connectivity index (χ4v) is 1.93. The molecule has 2 rings (SSSR count). The van der Waals surface area contributed by atoms with E-state index in [4.69, 9.17) is 16.2 Å². The lowest BCUT2D eigenvalue weighted by Crippen LogP contribution is -2.15. The van der Waals surface area contributed by atoms with E-state index in [0.29, 0.717) is 11.3 Å². The van der Waals surface area contributed by atoms with Crippen LogP contribution in [-0.4, -0.2) is 20.1 Å². The van der Waals surface area contributed by atoms with Crippen LogP contribution in [0.2, 0.25) is 0 Å². The van der Waals surface area contributed by atoms with Gasteiger partial charge in [-0.3, -0.25) is 4.79 Å². The number of carbonyl (C=O) groups is 1. The number of hydrogen-bond acceptors (Lipinski definition) is 4. The Balaban J connectivity index is 2.38. The van der Waals surface area contributed by atoms with Gasteiger partial charge in [0.05, 0.1) is 18.5 Å². The van der Waals surface area contributed by atoms with E-state index in [1.54, 1.807) is 25.3 Å². The van der Waals surface area contributed by atoms with Gasteiger partial charge in [0.1, 0.15) is 5.75 Å². The molecule has 5 heteroatoms. The fourth-order valence-electron chi connectivity index (χ4n) is 1.93. The molecule has 1 amide bonds. The molecule has 0 spiro atoms.